The lowest BCUT2D eigenvalue weighted by molar-refractivity contribution is 0.299. The van der Waals surface area contributed by atoms with Gasteiger partial charge in [-0.1, -0.05) is 45.5 Å². The minimum atomic E-state index is 0.619. The molecule has 1 aliphatic rings. The Kier molecular flexibility index (Phi) is 6.73. The van der Waals surface area contributed by atoms with E-state index in [1.165, 1.54) is 57.1 Å². The highest BCUT2D eigenvalue weighted by molar-refractivity contribution is 5.27. The SMILES string of the molecule is CCC#Cc1ccc([C@H]2CC[C@H](CCCCC)CC2)nn1. The van der Waals surface area contributed by atoms with E-state index in [1.54, 1.807) is 0 Å². The van der Waals surface area contributed by atoms with Gasteiger partial charge in [0.2, 0.25) is 0 Å². The van der Waals surface area contributed by atoms with Crippen LogP contribution in [0.4, 0.5) is 0 Å². The van der Waals surface area contributed by atoms with Crippen molar-refractivity contribution >= 4 is 0 Å². The van der Waals surface area contributed by atoms with Gasteiger partial charge in [0.05, 0.1) is 5.69 Å². The average Bonchev–Trinajstić information content (AvgIpc) is 2.54. The van der Waals surface area contributed by atoms with Gasteiger partial charge in [0.1, 0.15) is 5.69 Å². The van der Waals surface area contributed by atoms with Crippen molar-refractivity contribution in [2.75, 3.05) is 0 Å². The van der Waals surface area contributed by atoms with Gasteiger partial charge in [-0.05, 0) is 49.7 Å². The van der Waals surface area contributed by atoms with Crippen LogP contribution in [0, 0.1) is 17.8 Å². The van der Waals surface area contributed by atoms with Crippen molar-refractivity contribution in [3.63, 3.8) is 0 Å². The summed E-state index contributed by atoms with van der Waals surface area (Å²) in [6, 6.07) is 4.16. The third-order valence-corrected chi connectivity index (χ3v) is 4.56. The molecule has 0 atom stereocenters. The highest BCUT2D eigenvalue weighted by atomic mass is 15.1. The van der Waals surface area contributed by atoms with Crippen LogP contribution in [0.2, 0.25) is 0 Å². The molecule has 1 aromatic heterocycles. The predicted octanol–water partition coefficient (Wildman–Crippen LogP) is 5.09. The summed E-state index contributed by atoms with van der Waals surface area (Å²) in [7, 11) is 0. The Morgan fingerprint density at radius 2 is 1.86 bits per heavy atom. The Hall–Kier alpha value is -1.36. The molecule has 0 bridgehead atoms. The van der Waals surface area contributed by atoms with Gasteiger partial charge in [-0.3, -0.25) is 0 Å². The highest BCUT2D eigenvalue weighted by Crippen LogP contribution is 2.36. The number of nitrogens with zero attached hydrogens (tertiary/aromatic N) is 2. The van der Waals surface area contributed by atoms with Crippen molar-refractivity contribution in [3.8, 4) is 11.8 Å². The Bertz CT molecular complexity index is 459. The zero-order valence-corrected chi connectivity index (χ0v) is 13.6. The molecule has 0 aromatic carbocycles. The molecule has 0 N–H and O–H groups in total. The molecular weight excluding hydrogens is 256 g/mol. The first-order chi connectivity index (χ1) is 10.3. The molecule has 0 amide bonds. The number of hydrogen-bond donors (Lipinski definition) is 0. The van der Waals surface area contributed by atoms with E-state index in [2.05, 4.69) is 35.0 Å². The van der Waals surface area contributed by atoms with Gasteiger partial charge < -0.3 is 0 Å². The van der Waals surface area contributed by atoms with Crippen LogP contribution in [0.15, 0.2) is 12.1 Å². The van der Waals surface area contributed by atoms with Gasteiger partial charge in [0.15, 0.2) is 0 Å². The van der Waals surface area contributed by atoms with Gasteiger partial charge >= 0.3 is 0 Å². The van der Waals surface area contributed by atoms with Crippen LogP contribution in [0.3, 0.4) is 0 Å². The van der Waals surface area contributed by atoms with Crippen molar-refractivity contribution in [1.82, 2.24) is 10.2 Å². The lowest BCUT2D eigenvalue weighted by atomic mass is 9.78. The minimum absolute atomic E-state index is 0.619. The van der Waals surface area contributed by atoms with E-state index in [-0.39, 0.29) is 0 Å². The van der Waals surface area contributed by atoms with E-state index in [1.807, 2.05) is 13.0 Å². The van der Waals surface area contributed by atoms with Crippen LogP contribution in [0.1, 0.15) is 88.9 Å². The zero-order chi connectivity index (χ0) is 14.9. The smallest absolute Gasteiger partial charge is 0.135 e. The van der Waals surface area contributed by atoms with E-state index in [9.17, 15) is 0 Å². The lowest BCUT2D eigenvalue weighted by Gasteiger charge is -2.27. The second-order valence-electron chi connectivity index (χ2n) is 6.21. The van der Waals surface area contributed by atoms with Gasteiger partial charge in [-0.2, -0.15) is 5.10 Å². The predicted molar refractivity (Wildman–Crippen MR) is 88.0 cm³/mol. The largest absolute Gasteiger partial charge is 0.154 e. The molecule has 0 saturated heterocycles. The molecule has 0 spiro atoms. The molecule has 0 unspecified atom stereocenters. The molecule has 21 heavy (non-hydrogen) atoms. The van der Waals surface area contributed by atoms with E-state index < -0.39 is 0 Å². The van der Waals surface area contributed by atoms with Crippen LogP contribution in [-0.2, 0) is 0 Å². The summed E-state index contributed by atoms with van der Waals surface area (Å²) in [6.45, 7) is 4.33. The summed E-state index contributed by atoms with van der Waals surface area (Å²) in [6.07, 6.45) is 11.7. The number of rotatable bonds is 5. The molecule has 2 heteroatoms. The minimum Gasteiger partial charge on any atom is -0.154 e. The van der Waals surface area contributed by atoms with Crippen LogP contribution >= 0.6 is 0 Å². The Morgan fingerprint density at radius 1 is 1.05 bits per heavy atom. The summed E-state index contributed by atoms with van der Waals surface area (Å²) >= 11 is 0. The summed E-state index contributed by atoms with van der Waals surface area (Å²) in [5.74, 6) is 7.65. The fourth-order valence-corrected chi connectivity index (χ4v) is 3.24. The van der Waals surface area contributed by atoms with Crippen LogP contribution in [0.5, 0.6) is 0 Å². The van der Waals surface area contributed by atoms with Gasteiger partial charge in [0.25, 0.3) is 0 Å². The third-order valence-electron chi connectivity index (χ3n) is 4.56. The summed E-state index contributed by atoms with van der Waals surface area (Å²) in [5, 5.41) is 8.65. The molecule has 114 valence electrons. The first kappa shape index (κ1) is 16.0. The van der Waals surface area contributed by atoms with Crippen molar-refractivity contribution < 1.29 is 0 Å². The maximum atomic E-state index is 4.40. The van der Waals surface area contributed by atoms with Crippen LogP contribution in [-0.4, -0.2) is 10.2 Å². The first-order valence-corrected chi connectivity index (χ1v) is 8.66. The molecule has 1 fully saturated rings. The normalized spacial score (nSPS) is 21.6. The standard InChI is InChI=1S/C19H28N2/c1-3-5-7-8-16-10-12-17(13-11-16)19-15-14-18(20-21-19)9-6-4-2/h14-17H,3-5,7-8,10-13H2,1-2H3/t16-,17-. The molecule has 2 rings (SSSR count). The lowest BCUT2D eigenvalue weighted by Crippen LogP contribution is -2.14. The Morgan fingerprint density at radius 3 is 2.48 bits per heavy atom. The summed E-state index contributed by atoms with van der Waals surface area (Å²) < 4.78 is 0. The van der Waals surface area contributed by atoms with Gasteiger partial charge in [-0.25, -0.2) is 0 Å². The topological polar surface area (TPSA) is 25.8 Å². The number of hydrogen-bond acceptors (Lipinski definition) is 2. The second-order valence-corrected chi connectivity index (χ2v) is 6.21. The fourth-order valence-electron chi connectivity index (χ4n) is 3.24. The van der Waals surface area contributed by atoms with E-state index in [4.69, 9.17) is 0 Å². The summed E-state index contributed by atoms with van der Waals surface area (Å²) in [4.78, 5) is 0. The molecule has 2 nitrogen and oxygen atoms in total. The van der Waals surface area contributed by atoms with Gasteiger partial charge in [0, 0.05) is 12.3 Å². The van der Waals surface area contributed by atoms with E-state index in [0.29, 0.717) is 5.92 Å². The maximum absolute atomic E-state index is 4.40. The molecule has 0 aliphatic heterocycles. The monoisotopic (exact) mass is 284 g/mol. The van der Waals surface area contributed by atoms with Crippen molar-refractivity contribution in [2.45, 2.75) is 77.6 Å². The molecular formula is C19H28N2. The van der Waals surface area contributed by atoms with E-state index in [0.717, 1.165) is 18.0 Å². The molecule has 1 aliphatic carbocycles. The fraction of sp³-hybridized carbons (Fsp3) is 0.684. The first-order valence-electron chi connectivity index (χ1n) is 8.66. The van der Waals surface area contributed by atoms with Crippen LogP contribution < -0.4 is 0 Å². The van der Waals surface area contributed by atoms with Gasteiger partial charge in [-0.15, -0.1) is 5.10 Å². The van der Waals surface area contributed by atoms with Crippen molar-refractivity contribution in [2.24, 2.45) is 5.92 Å². The third kappa shape index (κ3) is 5.16. The van der Waals surface area contributed by atoms with Crippen molar-refractivity contribution in [3.05, 3.63) is 23.5 Å². The highest BCUT2D eigenvalue weighted by Gasteiger charge is 2.23. The number of aromatic nitrogens is 2. The summed E-state index contributed by atoms with van der Waals surface area (Å²) in [5.41, 5.74) is 1.97. The average molecular weight is 284 g/mol. The Labute approximate surface area is 129 Å². The second kappa shape index (κ2) is 8.82. The molecule has 1 heterocycles. The molecule has 0 radical (unpaired) electrons. The van der Waals surface area contributed by atoms with E-state index >= 15 is 0 Å². The van der Waals surface area contributed by atoms with Crippen LogP contribution in [0.25, 0.3) is 0 Å². The maximum Gasteiger partial charge on any atom is 0.135 e. The quantitative estimate of drug-likeness (QED) is 0.556. The van der Waals surface area contributed by atoms with Crippen molar-refractivity contribution in [1.29, 1.82) is 0 Å². The number of unbranched alkanes of at least 4 members (excludes halogenated alkanes) is 2. The molecule has 1 saturated carbocycles. The molecule has 1 aromatic rings. The Balaban J connectivity index is 1.81. The zero-order valence-electron chi connectivity index (χ0n) is 13.6.